The van der Waals surface area contributed by atoms with E-state index in [4.69, 9.17) is 0 Å². The van der Waals surface area contributed by atoms with Crippen LogP contribution in [-0.2, 0) is 4.79 Å². The molecule has 0 amide bonds. The van der Waals surface area contributed by atoms with Gasteiger partial charge in [-0.3, -0.25) is 4.79 Å². The van der Waals surface area contributed by atoms with Crippen LogP contribution in [0.3, 0.4) is 0 Å². The minimum Gasteiger partial charge on any atom is -0.481 e. The van der Waals surface area contributed by atoms with Crippen LogP contribution in [0.5, 0.6) is 0 Å². The minimum atomic E-state index is -0.671. The molecule has 3 atom stereocenters. The van der Waals surface area contributed by atoms with Crippen LogP contribution in [0.25, 0.3) is 0 Å². The van der Waals surface area contributed by atoms with Crippen LogP contribution in [0.1, 0.15) is 118 Å². The fraction of sp³-hybridized carbons (Fsp3) is 0.889. The van der Waals surface area contributed by atoms with Crippen molar-refractivity contribution in [2.45, 2.75) is 118 Å². The number of carboxylic acids is 1. The molecule has 0 fully saturated rings. The van der Waals surface area contributed by atoms with Gasteiger partial charge in [0.1, 0.15) is 0 Å². The van der Waals surface area contributed by atoms with Gasteiger partial charge in [0, 0.05) is 26.1 Å². The van der Waals surface area contributed by atoms with Crippen LogP contribution < -0.4 is 0 Å². The maximum atomic E-state index is 11.2. The Hall–Kier alpha value is -0.830. The van der Waals surface area contributed by atoms with E-state index in [-0.39, 0.29) is 6.42 Å². The van der Waals surface area contributed by atoms with Gasteiger partial charge in [0.25, 0.3) is 0 Å². The number of aliphatic carboxylic acids is 1. The number of carboxylic acid groups (broad SMARTS) is 1. The second kappa shape index (κ2) is 20.1. The molecule has 0 aliphatic carbocycles. The van der Waals surface area contributed by atoms with Gasteiger partial charge in [0.05, 0.1) is 0 Å². The third kappa shape index (κ3) is 18.0. The van der Waals surface area contributed by atoms with E-state index in [2.05, 4.69) is 51.7 Å². The maximum Gasteiger partial charge on any atom is 0.303 e. The summed E-state index contributed by atoms with van der Waals surface area (Å²) in [6.45, 7) is 14.8. The summed E-state index contributed by atoms with van der Waals surface area (Å²) in [6.07, 6.45) is 19.7. The molecule has 0 aliphatic heterocycles. The second-order valence-corrected chi connectivity index (χ2v) is 9.68. The monoisotopic (exact) mass is 423 g/mol. The van der Waals surface area contributed by atoms with Gasteiger partial charge in [-0.15, -0.1) is 0 Å². The summed E-state index contributed by atoms with van der Waals surface area (Å²) >= 11 is 0. The lowest BCUT2D eigenvalue weighted by Gasteiger charge is -2.31. The van der Waals surface area contributed by atoms with E-state index < -0.39 is 5.97 Å². The van der Waals surface area contributed by atoms with Crippen molar-refractivity contribution < 1.29 is 9.90 Å². The summed E-state index contributed by atoms with van der Waals surface area (Å²) in [6, 6.07) is 0. The SMILES string of the molecule is CCCCCC/C=C\C(CCC(=O)O)CN(CC(C)CCCC)CC(C)CCCC. The van der Waals surface area contributed by atoms with Crippen molar-refractivity contribution in [3.8, 4) is 0 Å². The van der Waals surface area contributed by atoms with Gasteiger partial charge in [-0.25, -0.2) is 0 Å². The van der Waals surface area contributed by atoms with Crippen LogP contribution in [0, 0.1) is 17.8 Å². The smallest absolute Gasteiger partial charge is 0.303 e. The van der Waals surface area contributed by atoms with Gasteiger partial charge in [-0.2, -0.15) is 0 Å². The molecule has 0 radical (unpaired) electrons. The van der Waals surface area contributed by atoms with E-state index in [9.17, 15) is 9.90 Å². The number of hydrogen-bond acceptors (Lipinski definition) is 2. The van der Waals surface area contributed by atoms with E-state index in [1.807, 2.05) is 0 Å². The van der Waals surface area contributed by atoms with Crippen molar-refractivity contribution in [2.75, 3.05) is 19.6 Å². The van der Waals surface area contributed by atoms with E-state index in [0.29, 0.717) is 17.8 Å². The Balaban J connectivity index is 4.94. The van der Waals surface area contributed by atoms with Crippen molar-refractivity contribution in [3.05, 3.63) is 12.2 Å². The van der Waals surface area contributed by atoms with Crippen molar-refractivity contribution in [3.63, 3.8) is 0 Å². The van der Waals surface area contributed by atoms with Gasteiger partial charge < -0.3 is 10.0 Å². The Kier molecular flexibility index (Phi) is 19.5. The molecule has 0 bridgehead atoms. The summed E-state index contributed by atoms with van der Waals surface area (Å²) in [7, 11) is 0. The molecule has 0 spiro atoms. The van der Waals surface area contributed by atoms with E-state index in [1.54, 1.807) is 0 Å². The lowest BCUT2D eigenvalue weighted by Crippen LogP contribution is -2.36. The van der Waals surface area contributed by atoms with E-state index in [1.165, 1.54) is 64.2 Å². The third-order valence-corrected chi connectivity index (χ3v) is 6.09. The Morgan fingerprint density at radius 1 is 0.800 bits per heavy atom. The highest BCUT2D eigenvalue weighted by Crippen LogP contribution is 2.19. The molecule has 0 aromatic rings. The molecule has 3 heteroatoms. The lowest BCUT2D eigenvalue weighted by molar-refractivity contribution is -0.137. The standard InChI is InChI=1S/C27H53NO2/c1-6-9-12-13-14-15-18-26(19-20-27(29)30)23-28(21-24(4)16-10-7-2)22-25(5)17-11-8-3/h15,18,24-26H,6-14,16-17,19-23H2,1-5H3,(H,29,30)/b18-15-. The zero-order valence-corrected chi connectivity index (χ0v) is 21.0. The molecule has 0 aliphatic rings. The van der Waals surface area contributed by atoms with E-state index >= 15 is 0 Å². The summed E-state index contributed by atoms with van der Waals surface area (Å²) in [5.74, 6) is 1.10. The average molecular weight is 424 g/mol. The number of allylic oxidation sites excluding steroid dienone is 1. The molecule has 0 saturated heterocycles. The minimum absolute atomic E-state index is 0.273. The molecule has 3 nitrogen and oxygen atoms in total. The Morgan fingerprint density at radius 3 is 1.87 bits per heavy atom. The average Bonchev–Trinajstić information content (AvgIpc) is 2.70. The molecule has 0 rings (SSSR count). The largest absolute Gasteiger partial charge is 0.481 e. The van der Waals surface area contributed by atoms with Crippen molar-refractivity contribution >= 4 is 5.97 Å². The topological polar surface area (TPSA) is 40.5 Å². The zero-order chi connectivity index (χ0) is 22.6. The van der Waals surface area contributed by atoms with E-state index in [0.717, 1.165) is 32.5 Å². The molecule has 0 aromatic heterocycles. The first-order chi connectivity index (χ1) is 14.4. The number of nitrogens with zero attached hydrogens (tertiary/aromatic N) is 1. The normalized spacial score (nSPS) is 15.0. The van der Waals surface area contributed by atoms with Crippen LogP contribution in [0.15, 0.2) is 12.2 Å². The number of rotatable bonds is 21. The van der Waals surface area contributed by atoms with Crippen molar-refractivity contribution in [1.82, 2.24) is 4.90 Å². The first kappa shape index (κ1) is 29.2. The number of carbonyl (C=O) groups is 1. The lowest BCUT2D eigenvalue weighted by atomic mass is 9.97. The quantitative estimate of drug-likeness (QED) is 0.150. The second-order valence-electron chi connectivity index (χ2n) is 9.68. The zero-order valence-electron chi connectivity index (χ0n) is 21.0. The summed E-state index contributed by atoms with van der Waals surface area (Å²) in [4.78, 5) is 13.8. The van der Waals surface area contributed by atoms with Gasteiger partial charge in [0.15, 0.2) is 0 Å². The highest BCUT2D eigenvalue weighted by Gasteiger charge is 2.18. The molecule has 30 heavy (non-hydrogen) atoms. The molecular formula is C27H53NO2. The Bertz CT molecular complexity index is 405. The summed E-state index contributed by atoms with van der Waals surface area (Å²) < 4.78 is 0. The molecule has 178 valence electrons. The van der Waals surface area contributed by atoms with Crippen LogP contribution in [0.4, 0.5) is 0 Å². The van der Waals surface area contributed by atoms with Gasteiger partial charge in [0.2, 0.25) is 0 Å². The van der Waals surface area contributed by atoms with Crippen molar-refractivity contribution in [2.24, 2.45) is 17.8 Å². The first-order valence-electron chi connectivity index (χ1n) is 13.0. The molecular weight excluding hydrogens is 370 g/mol. The molecule has 0 aromatic carbocycles. The van der Waals surface area contributed by atoms with Gasteiger partial charge in [-0.05, 0) is 49.9 Å². The maximum absolute atomic E-state index is 11.2. The van der Waals surface area contributed by atoms with Gasteiger partial charge >= 0.3 is 5.97 Å². The predicted octanol–water partition coefficient (Wildman–Crippen LogP) is 7.95. The number of unbranched alkanes of at least 4 members (excludes halogenated alkanes) is 6. The highest BCUT2D eigenvalue weighted by molar-refractivity contribution is 5.66. The Labute approximate surface area is 188 Å². The third-order valence-electron chi connectivity index (χ3n) is 6.09. The van der Waals surface area contributed by atoms with Gasteiger partial charge in [-0.1, -0.05) is 91.7 Å². The number of hydrogen-bond donors (Lipinski definition) is 1. The predicted molar refractivity (Wildman–Crippen MR) is 132 cm³/mol. The van der Waals surface area contributed by atoms with Crippen LogP contribution in [-0.4, -0.2) is 35.6 Å². The molecule has 0 saturated carbocycles. The Morgan fingerprint density at radius 2 is 1.37 bits per heavy atom. The van der Waals surface area contributed by atoms with Crippen molar-refractivity contribution in [1.29, 1.82) is 0 Å². The van der Waals surface area contributed by atoms with Crippen LogP contribution in [0.2, 0.25) is 0 Å². The fourth-order valence-electron chi connectivity index (χ4n) is 4.26. The summed E-state index contributed by atoms with van der Waals surface area (Å²) in [5.41, 5.74) is 0. The van der Waals surface area contributed by atoms with Crippen LogP contribution >= 0.6 is 0 Å². The summed E-state index contributed by atoms with van der Waals surface area (Å²) in [5, 5.41) is 9.21. The molecule has 3 unspecified atom stereocenters. The molecule has 0 heterocycles. The highest BCUT2D eigenvalue weighted by atomic mass is 16.4. The fourth-order valence-corrected chi connectivity index (χ4v) is 4.26. The first-order valence-corrected chi connectivity index (χ1v) is 13.0. The molecule has 1 N–H and O–H groups in total.